The molecule has 0 amide bonds. The molecule has 2 heterocycles. The molecule has 0 N–H and O–H groups in total. The van der Waals surface area contributed by atoms with Crippen LogP contribution in [0.25, 0.3) is 0 Å². The molecule has 1 spiro atoms. The quantitative estimate of drug-likeness (QED) is 0.284. The number of thioether (sulfide) groups is 1. The molecule has 6 nitrogen and oxygen atoms in total. The molecule has 164 valence electrons. The number of hydrogen-bond acceptors (Lipinski definition) is 7. The van der Waals surface area contributed by atoms with Crippen molar-refractivity contribution >= 4 is 45.7 Å². The van der Waals surface area contributed by atoms with Gasteiger partial charge in [-0.25, -0.2) is 4.99 Å². The Balaban J connectivity index is 1.78. The van der Waals surface area contributed by atoms with Crippen LogP contribution in [-0.4, -0.2) is 55.6 Å². The molecule has 0 aromatic rings. The van der Waals surface area contributed by atoms with Gasteiger partial charge in [0.15, 0.2) is 0 Å². The van der Waals surface area contributed by atoms with E-state index in [1.54, 1.807) is 7.05 Å². The molecule has 0 aromatic carbocycles. The van der Waals surface area contributed by atoms with E-state index in [2.05, 4.69) is 21.1 Å². The van der Waals surface area contributed by atoms with E-state index in [1.165, 1.54) is 11.8 Å². The predicted molar refractivity (Wildman–Crippen MR) is 128 cm³/mol. The zero-order valence-electron chi connectivity index (χ0n) is 17.5. The number of likely N-dealkylation sites (tertiary alicyclic amines) is 1. The van der Waals surface area contributed by atoms with Gasteiger partial charge in [0.05, 0.1) is 23.0 Å². The molecule has 3 rings (SSSR count). The van der Waals surface area contributed by atoms with E-state index in [1.807, 2.05) is 13.1 Å². The molecule has 0 saturated carbocycles. The number of allylic oxidation sites excluding steroid dienone is 3. The second-order valence-corrected chi connectivity index (χ2v) is 9.77. The molecule has 2 aliphatic heterocycles. The fourth-order valence-electron chi connectivity index (χ4n) is 3.81. The van der Waals surface area contributed by atoms with Crippen molar-refractivity contribution in [3.05, 3.63) is 37.8 Å². The standard InChI is InChI=1S/C21H28Cl2N4O2S/c1-15(24-2)20(30-18-5-3-4-17(22)19(18)23)26-16(12-25-28)13-27-9-6-21(7-10-27)8-11-29-14-21/h5,13H,3-4,6-12,14H2,1-2H3/b16-13+,24-15-,26-20+. The van der Waals surface area contributed by atoms with Crippen molar-refractivity contribution in [3.8, 4) is 0 Å². The Labute approximate surface area is 192 Å². The third-order valence-corrected chi connectivity index (χ3v) is 8.04. The van der Waals surface area contributed by atoms with Gasteiger partial charge in [-0.05, 0) is 44.4 Å². The van der Waals surface area contributed by atoms with Crippen molar-refractivity contribution in [2.75, 3.05) is 39.9 Å². The Hall–Kier alpha value is -1.15. The van der Waals surface area contributed by atoms with Crippen LogP contribution < -0.4 is 0 Å². The van der Waals surface area contributed by atoms with Crippen LogP contribution in [-0.2, 0) is 4.74 Å². The zero-order valence-corrected chi connectivity index (χ0v) is 19.8. The molecule has 0 bridgehead atoms. The summed E-state index contributed by atoms with van der Waals surface area (Å²) in [5.74, 6) is 0. The predicted octanol–water partition coefficient (Wildman–Crippen LogP) is 5.69. The average molecular weight is 471 g/mol. The molecule has 0 atom stereocenters. The monoisotopic (exact) mass is 470 g/mol. The number of rotatable bonds is 6. The number of ether oxygens (including phenoxy) is 1. The number of nitrogens with zero attached hydrogens (tertiary/aromatic N) is 4. The normalized spacial score (nSPS) is 23.3. The summed E-state index contributed by atoms with van der Waals surface area (Å²) in [6.07, 6.45) is 8.95. The first kappa shape index (κ1) is 23.5. The minimum absolute atomic E-state index is 0.00911. The highest BCUT2D eigenvalue weighted by molar-refractivity contribution is 8.19. The third kappa shape index (κ3) is 5.96. The van der Waals surface area contributed by atoms with Crippen molar-refractivity contribution < 1.29 is 4.74 Å². The highest BCUT2D eigenvalue weighted by Crippen LogP contribution is 2.40. The number of hydrogen-bond donors (Lipinski definition) is 0. The summed E-state index contributed by atoms with van der Waals surface area (Å²) in [4.78, 5) is 23.2. The summed E-state index contributed by atoms with van der Waals surface area (Å²) in [5, 5.41) is 5.01. The van der Waals surface area contributed by atoms with E-state index in [9.17, 15) is 4.91 Å². The van der Waals surface area contributed by atoms with Gasteiger partial charge in [0.25, 0.3) is 0 Å². The first-order chi connectivity index (χ1) is 14.5. The lowest BCUT2D eigenvalue weighted by Crippen LogP contribution is -2.38. The maximum absolute atomic E-state index is 11.1. The van der Waals surface area contributed by atoms with Crippen molar-refractivity contribution in [3.63, 3.8) is 0 Å². The van der Waals surface area contributed by atoms with Crippen LogP contribution in [0.5, 0.6) is 0 Å². The molecule has 2 saturated heterocycles. The van der Waals surface area contributed by atoms with Gasteiger partial charge in [-0.15, -0.1) is 0 Å². The van der Waals surface area contributed by atoms with Crippen molar-refractivity contribution in [2.45, 2.75) is 39.0 Å². The van der Waals surface area contributed by atoms with Crippen LogP contribution in [0.2, 0.25) is 0 Å². The van der Waals surface area contributed by atoms with Gasteiger partial charge in [-0.2, -0.15) is 4.91 Å². The lowest BCUT2D eigenvalue weighted by molar-refractivity contribution is 0.0990. The summed E-state index contributed by atoms with van der Waals surface area (Å²) in [5.41, 5.74) is 1.72. The Morgan fingerprint density at radius 2 is 2.10 bits per heavy atom. The molecule has 2 fully saturated rings. The Morgan fingerprint density at radius 3 is 2.73 bits per heavy atom. The highest BCUT2D eigenvalue weighted by Gasteiger charge is 2.37. The Morgan fingerprint density at radius 1 is 1.33 bits per heavy atom. The number of nitroso groups, excluding NO2 is 1. The lowest BCUT2D eigenvalue weighted by atomic mass is 9.78. The molecule has 0 unspecified atom stereocenters. The minimum Gasteiger partial charge on any atom is -0.381 e. The van der Waals surface area contributed by atoms with Crippen LogP contribution in [0.15, 0.2) is 48.1 Å². The van der Waals surface area contributed by atoms with Gasteiger partial charge in [-0.1, -0.05) is 46.2 Å². The topological polar surface area (TPSA) is 66.6 Å². The average Bonchev–Trinajstić information content (AvgIpc) is 3.20. The molecule has 3 aliphatic rings. The SMILES string of the molecule is C\N=C(C)/C(=N\C(=C\N1CCC2(CCOC2)CC1)CN=O)SC1=CCCC(Cl)=C1Cl. The van der Waals surface area contributed by atoms with Gasteiger partial charge in [0.1, 0.15) is 11.6 Å². The summed E-state index contributed by atoms with van der Waals surface area (Å²) < 4.78 is 5.62. The molecule has 0 radical (unpaired) electrons. The van der Waals surface area contributed by atoms with Crippen LogP contribution in [0.1, 0.15) is 39.0 Å². The van der Waals surface area contributed by atoms with E-state index in [4.69, 9.17) is 32.9 Å². The van der Waals surface area contributed by atoms with Crippen molar-refractivity contribution in [2.24, 2.45) is 20.6 Å². The summed E-state index contributed by atoms with van der Waals surface area (Å²) in [7, 11) is 1.72. The molecule has 0 aromatic heterocycles. The van der Waals surface area contributed by atoms with Crippen molar-refractivity contribution in [1.82, 2.24) is 4.90 Å². The number of piperidine rings is 1. The van der Waals surface area contributed by atoms with Gasteiger partial charge < -0.3 is 9.64 Å². The molecular weight excluding hydrogens is 443 g/mol. The van der Waals surface area contributed by atoms with E-state index < -0.39 is 0 Å². The number of aliphatic imine (C=N–C) groups is 2. The second kappa shape index (κ2) is 10.9. The Kier molecular flexibility index (Phi) is 8.57. The van der Waals surface area contributed by atoms with E-state index in [-0.39, 0.29) is 6.54 Å². The van der Waals surface area contributed by atoms with Gasteiger partial charge in [0.2, 0.25) is 0 Å². The van der Waals surface area contributed by atoms with Gasteiger partial charge in [0, 0.05) is 42.9 Å². The maximum Gasteiger partial charge on any atom is 0.125 e. The summed E-state index contributed by atoms with van der Waals surface area (Å²) >= 11 is 14.1. The fourth-order valence-corrected chi connectivity index (χ4v) is 5.39. The first-order valence-electron chi connectivity index (χ1n) is 10.2. The Bertz CT molecular complexity index is 804. The lowest BCUT2D eigenvalue weighted by Gasteiger charge is -2.38. The zero-order chi connectivity index (χ0) is 21.6. The number of halogens is 2. The first-order valence-corrected chi connectivity index (χ1v) is 11.8. The molecule has 30 heavy (non-hydrogen) atoms. The minimum atomic E-state index is 0.00911. The maximum atomic E-state index is 11.1. The van der Waals surface area contributed by atoms with E-state index >= 15 is 0 Å². The van der Waals surface area contributed by atoms with Crippen LogP contribution >= 0.6 is 35.0 Å². The van der Waals surface area contributed by atoms with Gasteiger partial charge >= 0.3 is 0 Å². The highest BCUT2D eigenvalue weighted by atomic mass is 35.5. The fraction of sp³-hybridized carbons (Fsp3) is 0.619. The van der Waals surface area contributed by atoms with Crippen LogP contribution in [0.3, 0.4) is 0 Å². The molecular formula is C21H28Cl2N4O2S. The smallest absolute Gasteiger partial charge is 0.125 e. The molecule has 1 aliphatic carbocycles. The summed E-state index contributed by atoms with van der Waals surface area (Å²) in [6, 6.07) is 0. The van der Waals surface area contributed by atoms with E-state index in [0.29, 0.717) is 26.2 Å². The third-order valence-electron chi connectivity index (χ3n) is 5.85. The van der Waals surface area contributed by atoms with Crippen LogP contribution in [0, 0.1) is 10.3 Å². The van der Waals surface area contributed by atoms with Gasteiger partial charge in [-0.3, -0.25) is 4.99 Å². The molecule has 9 heteroatoms. The summed E-state index contributed by atoms with van der Waals surface area (Å²) in [6.45, 7) is 5.50. The second-order valence-electron chi connectivity index (χ2n) is 7.90. The van der Waals surface area contributed by atoms with Crippen molar-refractivity contribution in [1.29, 1.82) is 0 Å². The largest absolute Gasteiger partial charge is 0.381 e. The van der Waals surface area contributed by atoms with Crippen LogP contribution in [0.4, 0.5) is 0 Å². The van der Waals surface area contributed by atoms with E-state index in [0.717, 1.165) is 69.0 Å².